The molecule has 0 aliphatic heterocycles. The Hall–Kier alpha value is -2.50. The summed E-state index contributed by atoms with van der Waals surface area (Å²) in [7, 11) is 0. The number of aromatic amines is 1. The van der Waals surface area contributed by atoms with E-state index in [1.54, 1.807) is 18.3 Å². The lowest BCUT2D eigenvalue weighted by Gasteiger charge is -2.08. The van der Waals surface area contributed by atoms with Crippen molar-refractivity contribution in [2.24, 2.45) is 0 Å². The van der Waals surface area contributed by atoms with E-state index >= 15 is 0 Å². The predicted octanol–water partition coefficient (Wildman–Crippen LogP) is 3.92. The third kappa shape index (κ3) is 5.25. The van der Waals surface area contributed by atoms with Gasteiger partial charge in [0.15, 0.2) is 6.61 Å². The molecule has 0 spiro atoms. The van der Waals surface area contributed by atoms with Crippen LogP contribution in [0.4, 0.5) is 0 Å². The smallest absolute Gasteiger partial charge is 0.310 e. The summed E-state index contributed by atoms with van der Waals surface area (Å²) in [5.74, 6) is -0.803. The fraction of sp³-hybridized carbons (Fsp3) is 0.200. The molecule has 2 N–H and O–H groups in total. The van der Waals surface area contributed by atoms with Crippen LogP contribution in [0.2, 0.25) is 10.0 Å². The molecule has 1 heterocycles. The standard InChI is InChI=1S/C20H18Cl2N2O3/c21-15-6-5-13(17(22)10-15)7-8-23-19(25)12-27-20(26)9-14-11-24-18-4-2-1-3-16(14)18/h1-6,10-11,24H,7-9,12H2,(H,23,25). The highest BCUT2D eigenvalue weighted by Gasteiger charge is 2.11. The summed E-state index contributed by atoms with van der Waals surface area (Å²) in [6.07, 6.45) is 2.45. The van der Waals surface area contributed by atoms with Gasteiger partial charge in [0.1, 0.15) is 0 Å². The molecule has 0 bridgehead atoms. The minimum Gasteiger partial charge on any atom is -0.455 e. The van der Waals surface area contributed by atoms with E-state index in [0.29, 0.717) is 23.0 Å². The van der Waals surface area contributed by atoms with Gasteiger partial charge in [-0.15, -0.1) is 0 Å². The summed E-state index contributed by atoms with van der Waals surface area (Å²) in [6.45, 7) is 0.0791. The Morgan fingerprint density at radius 2 is 1.89 bits per heavy atom. The molecule has 1 aromatic heterocycles. The van der Waals surface area contributed by atoms with Gasteiger partial charge in [-0.1, -0.05) is 47.5 Å². The van der Waals surface area contributed by atoms with Gasteiger partial charge >= 0.3 is 5.97 Å². The van der Waals surface area contributed by atoms with Crippen molar-refractivity contribution in [2.45, 2.75) is 12.8 Å². The molecule has 2 aromatic carbocycles. The normalized spacial score (nSPS) is 10.7. The Kier molecular flexibility index (Phi) is 6.37. The number of fused-ring (bicyclic) bond motifs is 1. The van der Waals surface area contributed by atoms with Gasteiger partial charge in [-0.05, 0) is 35.7 Å². The van der Waals surface area contributed by atoms with Crippen LogP contribution in [0.25, 0.3) is 10.9 Å². The molecule has 27 heavy (non-hydrogen) atoms. The molecule has 0 aliphatic rings. The highest BCUT2D eigenvalue weighted by atomic mass is 35.5. The monoisotopic (exact) mass is 404 g/mol. The molecule has 5 nitrogen and oxygen atoms in total. The third-order valence-corrected chi connectivity index (χ3v) is 4.69. The van der Waals surface area contributed by atoms with E-state index in [4.69, 9.17) is 27.9 Å². The predicted molar refractivity (Wildman–Crippen MR) is 106 cm³/mol. The quantitative estimate of drug-likeness (QED) is 0.586. The van der Waals surface area contributed by atoms with Gasteiger partial charge in [-0.3, -0.25) is 9.59 Å². The summed E-state index contributed by atoms with van der Waals surface area (Å²) in [5, 5.41) is 4.80. The Labute approximate surface area is 166 Å². The number of hydrogen-bond acceptors (Lipinski definition) is 3. The fourth-order valence-electron chi connectivity index (χ4n) is 2.74. The number of nitrogens with one attached hydrogen (secondary N) is 2. The average molecular weight is 405 g/mol. The number of carbonyl (C=O) groups is 2. The van der Waals surface area contributed by atoms with Crippen molar-refractivity contribution in [3.8, 4) is 0 Å². The number of benzene rings is 2. The first-order valence-electron chi connectivity index (χ1n) is 8.44. The molecule has 0 aliphatic carbocycles. The van der Waals surface area contributed by atoms with Crippen LogP contribution in [0.1, 0.15) is 11.1 Å². The Morgan fingerprint density at radius 3 is 2.70 bits per heavy atom. The van der Waals surface area contributed by atoms with Gasteiger partial charge in [0, 0.05) is 33.7 Å². The van der Waals surface area contributed by atoms with Gasteiger partial charge in [0.05, 0.1) is 6.42 Å². The van der Waals surface area contributed by atoms with Crippen LogP contribution < -0.4 is 5.32 Å². The van der Waals surface area contributed by atoms with Gasteiger partial charge in [-0.25, -0.2) is 0 Å². The van der Waals surface area contributed by atoms with E-state index < -0.39 is 5.97 Å². The zero-order chi connectivity index (χ0) is 19.2. The molecule has 0 fully saturated rings. The second-order valence-corrected chi connectivity index (χ2v) is 6.88. The number of halogens is 2. The van der Waals surface area contributed by atoms with Crippen LogP contribution in [0, 0.1) is 0 Å². The maximum absolute atomic E-state index is 12.0. The van der Waals surface area contributed by atoms with Crippen molar-refractivity contribution in [1.82, 2.24) is 10.3 Å². The number of amides is 1. The molecule has 7 heteroatoms. The van der Waals surface area contributed by atoms with Crippen LogP contribution in [-0.2, 0) is 27.2 Å². The molecule has 3 rings (SSSR count). The molecular weight excluding hydrogens is 387 g/mol. The Bertz CT molecular complexity index is 969. The van der Waals surface area contributed by atoms with E-state index in [1.165, 1.54) is 0 Å². The summed E-state index contributed by atoms with van der Waals surface area (Å²) in [5.41, 5.74) is 2.69. The number of esters is 1. The van der Waals surface area contributed by atoms with E-state index in [-0.39, 0.29) is 18.9 Å². The largest absolute Gasteiger partial charge is 0.455 e. The van der Waals surface area contributed by atoms with Crippen molar-refractivity contribution < 1.29 is 14.3 Å². The number of hydrogen-bond donors (Lipinski definition) is 2. The van der Waals surface area contributed by atoms with Crippen LogP contribution >= 0.6 is 23.2 Å². The summed E-state index contributed by atoms with van der Waals surface area (Å²) in [6, 6.07) is 12.9. The maximum atomic E-state index is 12.0. The average Bonchev–Trinajstić information content (AvgIpc) is 3.05. The molecule has 0 atom stereocenters. The third-order valence-electron chi connectivity index (χ3n) is 4.11. The first kappa shape index (κ1) is 19.3. The second-order valence-electron chi connectivity index (χ2n) is 6.03. The maximum Gasteiger partial charge on any atom is 0.310 e. The Morgan fingerprint density at radius 1 is 1.07 bits per heavy atom. The number of para-hydroxylation sites is 1. The highest BCUT2D eigenvalue weighted by Crippen LogP contribution is 2.21. The van der Waals surface area contributed by atoms with Crippen LogP contribution in [0.3, 0.4) is 0 Å². The molecule has 0 unspecified atom stereocenters. The molecule has 0 saturated carbocycles. The zero-order valence-electron chi connectivity index (χ0n) is 14.4. The number of rotatable bonds is 7. The molecule has 0 saturated heterocycles. The lowest BCUT2D eigenvalue weighted by atomic mass is 10.1. The first-order valence-corrected chi connectivity index (χ1v) is 9.20. The number of aromatic nitrogens is 1. The molecule has 0 radical (unpaired) electrons. The minimum absolute atomic E-state index is 0.109. The first-order chi connectivity index (χ1) is 13.0. The molecule has 140 valence electrons. The van der Waals surface area contributed by atoms with Crippen LogP contribution in [-0.4, -0.2) is 30.0 Å². The minimum atomic E-state index is -0.448. The SMILES string of the molecule is O=C(COC(=O)Cc1c[nH]c2ccccc12)NCCc1ccc(Cl)cc1Cl. The van der Waals surface area contributed by atoms with E-state index in [9.17, 15) is 9.59 Å². The Balaban J connectivity index is 1.41. The summed E-state index contributed by atoms with van der Waals surface area (Å²) < 4.78 is 5.06. The van der Waals surface area contributed by atoms with Crippen LogP contribution in [0.5, 0.6) is 0 Å². The lowest BCUT2D eigenvalue weighted by Crippen LogP contribution is -2.30. The number of carbonyl (C=O) groups excluding carboxylic acids is 2. The van der Waals surface area contributed by atoms with E-state index in [1.807, 2.05) is 30.3 Å². The van der Waals surface area contributed by atoms with Crippen molar-refractivity contribution in [1.29, 1.82) is 0 Å². The summed E-state index contributed by atoms with van der Waals surface area (Å²) in [4.78, 5) is 26.9. The number of H-pyrrole nitrogens is 1. The van der Waals surface area contributed by atoms with Gasteiger partial charge in [0.2, 0.25) is 0 Å². The van der Waals surface area contributed by atoms with Crippen LogP contribution in [0.15, 0.2) is 48.7 Å². The molecule has 1 amide bonds. The van der Waals surface area contributed by atoms with Gasteiger partial charge in [0.25, 0.3) is 5.91 Å². The van der Waals surface area contributed by atoms with Crippen molar-refractivity contribution in [3.05, 3.63) is 69.8 Å². The van der Waals surface area contributed by atoms with E-state index in [0.717, 1.165) is 22.0 Å². The topological polar surface area (TPSA) is 71.2 Å². The molecular formula is C20H18Cl2N2O3. The van der Waals surface area contributed by atoms with Gasteiger partial charge in [-0.2, -0.15) is 0 Å². The van der Waals surface area contributed by atoms with E-state index in [2.05, 4.69) is 10.3 Å². The molecule has 3 aromatic rings. The second kappa shape index (κ2) is 8.93. The fourth-order valence-corrected chi connectivity index (χ4v) is 3.25. The number of ether oxygens (including phenoxy) is 1. The van der Waals surface area contributed by atoms with Crippen molar-refractivity contribution in [2.75, 3.05) is 13.2 Å². The highest BCUT2D eigenvalue weighted by molar-refractivity contribution is 6.35. The van der Waals surface area contributed by atoms with Crippen molar-refractivity contribution in [3.63, 3.8) is 0 Å². The summed E-state index contributed by atoms with van der Waals surface area (Å²) >= 11 is 11.9. The van der Waals surface area contributed by atoms with Crippen molar-refractivity contribution >= 4 is 46.0 Å². The lowest BCUT2D eigenvalue weighted by molar-refractivity contribution is -0.147. The van der Waals surface area contributed by atoms with Gasteiger partial charge < -0.3 is 15.0 Å². The zero-order valence-corrected chi connectivity index (χ0v) is 15.9.